The number of urea groups is 1. The van der Waals surface area contributed by atoms with E-state index in [9.17, 15) is 41.2 Å². The first-order chi connectivity index (χ1) is 20.4. The molecule has 0 aliphatic carbocycles. The third-order valence-electron chi connectivity index (χ3n) is 6.29. The molecule has 0 bridgehead atoms. The number of sulfonamides is 1. The van der Waals surface area contributed by atoms with Gasteiger partial charge in [-0.15, -0.1) is 11.3 Å². The molecule has 44 heavy (non-hydrogen) atoms. The molecule has 0 spiro atoms. The predicted octanol–water partition coefficient (Wildman–Crippen LogP) is 3.97. The van der Waals surface area contributed by atoms with Crippen LogP contribution in [0.5, 0.6) is 0 Å². The fraction of sp³-hybridized carbons (Fsp3) is 0.538. The lowest BCUT2D eigenvalue weighted by Crippen LogP contribution is -2.60. The van der Waals surface area contributed by atoms with E-state index in [-0.39, 0.29) is 58.1 Å². The quantitative estimate of drug-likeness (QED) is 0.316. The highest BCUT2D eigenvalue weighted by molar-refractivity contribution is 7.92. The number of halogens is 4. The average molecular weight is 682 g/mol. The number of carbonyl (C=O) groups excluding carboxylic acids is 3. The number of alkyl halides is 3. The Balaban J connectivity index is 1.96. The van der Waals surface area contributed by atoms with Gasteiger partial charge in [0, 0.05) is 26.1 Å². The Bertz CT molecular complexity index is 1500. The number of amides is 2. The van der Waals surface area contributed by atoms with Crippen LogP contribution in [-0.2, 0) is 29.1 Å². The molecule has 1 saturated heterocycles. The Morgan fingerprint density at radius 2 is 1.89 bits per heavy atom. The molecular formula is C26H31ClF3N5O7S2. The second-order valence-electron chi connectivity index (χ2n) is 10.7. The van der Waals surface area contributed by atoms with Crippen LogP contribution in [0.25, 0.3) is 0 Å². The van der Waals surface area contributed by atoms with E-state index >= 15 is 0 Å². The molecule has 2 aliphatic heterocycles. The number of hydrogen-bond acceptors (Lipinski definition) is 11. The van der Waals surface area contributed by atoms with Crippen molar-refractivity contribution in [2.24, 2.45) is 0 Å². The Labute approximate surface area is 261 Å². The highest BCUT2D eigenvalue weighted by Gasteiger charge is 2.46. The van der Waals surface area contributed by atoms with Crippen molar-refractivity contribution >= 4 is 50.9 Å². The van der Waals surface area contributed by atoms with Gasteiger partial charge in [-0.2, -0.15) is 18.4 Å². The first kappa shape index (κ1) is 35.0. The van der Waals surface area contributed by atoms with Crippen molar-refractivity contribution in [3.8, 4) is 6.07 Å². The van der Waals surface area contributed by atoms with Crippen molar-refractivity contribution in [2.75, 3.05) is 32.8 Å². The summed E-state index contributed by atoms with van der Waals surface area (Å²) in [6.07, 6.45) is -4.33. The fourth-order valence-electron chi connectivity index (χ4n) is 4.56. The summed E-state index contributed by atoms with van der Waals surface area (Å²) in [5.41, 5.74) is -1.66. The van der Waals surface area contributed by atoms with E-state index in [1.807, 2.05) is 4.72 Å². The lowest BCUT2D eigenvalue weighted by molar-refractivity contribution is -0.238. The topological polar surface area (TPSA) is 149 Å². The van der Waals surface area contributed by atoms with Gasteiger partial charge < -0.3 is 19.3 Å². The number of thiophene rings is 1. The molecule has 0 saturated carbocycles. The molecule has 12 nitrogen and oxygen atoms in total. The number of nitrogens with one attached hydrogen (secondary N) is 1. The van der Waals surface area contributed by atoms with Crippen LogP contribution in [-0.4, -0.2) is 91.8 Å². The van der Waals surface area contributed by atoms with E-state index in [1.54, 1.807) is 26.8 Å². The molecular weight excluding hydrogens is 651 g/mol. The number of esters is 2. The maximum atomic E-state index is 14.3. The minimum atomic E-state index is -5.01. The zero-order valence-corrected chi connectivity index (χ0v) is 26.6. The van der Waals surface area contributed by atoms with Crippen molar-refractivity contribution in [1.29, 1.82) is 5.26 Å². The molecule has 1 atom stereocenters. The van der Waals surface area contributed by atoms with Gasteiger partial charge >= 0.3 is 24.3 Å². The van der Waals surface area contributed by atoms with Gasteiger partial charge in [0.15, 0.2) is 0 Å². The lowest BCUT2D eigenvalue weighted by atomic mass is 10.0. The van der Waals surface area contributed by atoms with Crippen LogP contribution in [0.3, 0.4) is 0 Å². The Kier molecular flexibility index (Phi) is 10.9. The number of nitriles is 1. The van der Waals surface area contributed by atoms with E-state index in [2.05, 4.69) is 0 Å². The Morgan fingerprint density at radius 3 is 2.43 bits per heavy atom. The minimum absolute atomic E-state index is 0.0521. The summed E-state index contributed by atoms with van der Waals surface area (Å²) >= 11 is 6.55. The highest BCUT2D eigenvalue weighted by Crippen LogP contribution is 2.36. The monoisotopic (exact) mass is 681 g/mol. The van der Waals surface area contributed by atoms with Crippen molar-refractivity contribution in [1.82, 2.24) is 19.4 Å². The summed E-state index contributed by atoms with van der Waals surface area (Å²) in [5, 5.41) is 9.80. The van der Waals surface area contributed by atoms with Crippen LogP contribution >= 0.6 is 22.9 Å². The predicted molar refractivity (Wildman–Crippen MR) is 152 cm³/mol. The zero-order chi connectivity index (χ0) is 33.0. The SMILES string of the molecule is CCOC(=O)C1=CC(C#N)=C(N2CCN(C(=O)NS(=O)(=O)c3ccc(Cl)s3)C(CCC(=O)OC(C)(C)C)C2)N(C(F)(F)F)C1. The molecule has 1 fully saturated rings. The first-order valence-corrected chi connectivity index (χ1v) is 16.0. The second kappa shape index (κ2) is 13.7. The minimum Gasteiger partial charge on any atom is -0.463 e. The average Bonchev–Trinajstić information content (AvgIpc) is 3.36. The summed E-state index contributed by atoms with van der Waals surface area (Å²) < 4.78 is 80.6. The van der Waals surface area contributed by atoms with Crippen LogP contribution < -0.4 is 4.72 Å². The molecule has 1 unspecified atom stereocenters. The van der Waals surface area contributed by atoms with E-state index in [1.165, 1.54) is 24.0 Å². The maximum Gasteiger partial charge on any atom is 0.486 e. The third kappa shape index (κ3) is 8.79. The van der Waals surface area contributed by atoms with Crippen LogP contribution in [0, 0.1) is 11.3 Å². The van der Waals surface area contributed by atoms with Crippen molar-refractivity contribution in [3.63, 3.8) is 0 Å². The van der Waals surface area contributed by atoms with Gasteiger partial charge in [-0.1, -0.05) is 11.6 Å². The second-order valence-corrected chi connectivity index (χ2v) is 14.3. The van der Waals surface area contributed by atoms with E-state index < -0.39 is 63.9 Å². The van der Waals surface area contributed by atoms with E-state index in [0.29, 0.717) is 0 Å². The van der Waals surface area contributed by atoms with Crippen molar-refractivity contribution in [2.45, 2.75) is 62.7 Å². The molecule has 242 valence electrons. The van der Waals surface area contributed by atoms with Gasteiger partial charge in [0.1, 0.15) is 21.7 Å². The zero-order valence-electron chi connectivity index (χ0n) is 24.2. The molecule has 0 radical (unpaired) electrons. The summed E-state index contributed by atoms with van der Waals surface area (Å²) in [6, 6.07) is 2.22. The molecule has 2 aliphatic rings. The van der Waals surface area contributed by atoms with Gasteiger partial charge in [-0.05, 0) is 52.3 Å². The van der Waals surface area contributed by atoms with E-state index in [0.717, 1.165) is 22.3 Å². The number of hydrogen-bond donors (Lipinski definition) is 1. The Morgan fingerprint density at radius 1 is 1.20 bits per heavy atom. The van der Waals surface area contributed by atoms with Crippen LogP contribution in [0.2, 0.25) is 4.34 Å². The van der Waals surface area contributed by atoms with Crippen molar-refractivity contribution < 1.29 is 45.4 Å². The fourth-order valence-corrected chi connectivity index (χ4v) is 7.00. The molecule has 2 amide bonds. The normalized spacial score (nSPS) is 18.0. The molecule has 1 N–H and O–H groups in total. The first-order valence-electron chi connectivity index (χ1n) is 13.3. The van der Waals surface area contributed by atoms with Crippen LogP contribution in [0.4, 0.5) is 18.0 Å². The smallest absolute Gasteiger partial charge is 0.463 e. The summed E-state index contributed by atoms with van der Waals surface area (Å²) in [7, 11) is -4.33. The van der Waals surface area contributed by atoms with Gasteiger partial charge in [-0.25, -0.2) is 22.7 Å². The van der Waals surface area contributed by atoms with Crippen molar-refractivity contribution in [3.05, 3.63) is 39.5 Å². The van der Waals surface area contributed by atoms with Gasteiger partial charge in [0.2, 0.25) is 0 Å². The molecule has 1 aromatic rings. The van der Waals surface area contributed by atoms with Gasteiger partial charge in [0.25, 0.3) is 10.0 Å². The number of allylic oxidation sites excluding steroid dienone is 2. The van der Waals surface area contributed by atoms with Gasteiger partial charge in [0.05, 0.1) is 34.7 Å². The van der Waals surface area contributed by atoms with Crippen LogP contribution in [0.15, 0.2) is 39.4 Å². The summed E-state index contributed by atoms with van der Waals surface area (Å²) in [5.74, 6) is -2.18. The number of carbonyl (C=O) groups is 3. The highest BCUT2D eigenvalue weighted by atomic mass is 35.5. The number of rotatable bonds is 8. The Hall–Kier alpha value is -3.49. The van der Waals surface area contributed by atoms with Gasteiger partial charge in [-0.3, -0.25) is 9.69 Å². The summed E-state index contributed by atoms with van der Waals surface area (Å²) in [4.78, 5) is 40.3. The maximum absolute atomic E-state index is 14.3. The van der Waals surface area contributed by atoms with E-state index in [4.69, 9.17) is 21.1 Å². The summed E-state index contributed by atoms with van der Waals surface area (Å²) in [6.45, 7) is 4.62. The lowest BCUT2D eigenvalue weighted by Gasteiger charge is -2.46. The molecule has 3 heterocycles. The standard InChI is InChI=1S/C26H31ClF3N5O7S2/c1-5-41-23(37)17-12-16(13-31)22(35(14-17)26(28,29)30)33-10-11-34(18(15-33)6-8-20(36)42-25(2,3)4)24(38)32-44(39,40)21-9-7-19(27)43-21/h7,9,12,18H,5-6,8,10-11,14-15H2,1-4H3,(H,32,38). The molecule has 1 aromatic heterocycles. The number of nitrogens with zero attached hydrogens (tertiary/aromatic N) is 4. The van der Waals surface area contributed by atoms with Crippen LogP contribution in [0.1, 0.15) is 40.5 Å². The molecule has 18 heteroatoms. The molecule has 3 rings (SSSR count). The largest absolute Gasteiger partial charge is 0.486 e. The molecule has 0 aromatic carbocycles. The third-order valence-corrected chi connectivity index (χ3v) is 9.33. The number of ether oxygens (including phenoxy) is 2. The number of piperazine rings is 1.